The van der Waals surface area contributed by atoms with Crippen molar-refractivity contribution >= 4 is 15.8 Å². The fourth-order valence-corrected chi connectivity index (χ4v) is 3.02. The number of sulfone groups is 1. The Morgan fingerprint density at radius 2 is 2.00 bits per heavy atom. The number of methoxy groups -OCH3 is 1. The van der Waals surface area contributed by atoms with Gasteiger partial charge in [0.25, 0.3) is 0 Å². The van der Waals surface area contributed by atoms with Gasteiger partial charge in [-0.15, -0.1) is 0 Å². The van der Waals surface area contributed by atoms with Crippen molar-refractivity contribution in [3.63, 3.8) is 0 Å². The maximum absolute atomic E-state index is 11.8. The number of benzene rings is 1. The Hall–Kier alpha value is -1.56. The number of carboxylic acids is 1. The van der Waals surface area contributed by atoms with Crippen molar-refractivity contribution in [2.24, 2.45) is 5.92 Å². The highest BCUT2D eigenvalue weighted by Crippen LogP contribution is 2.19. The van der Waals surface area contributed by atoms with Gasteiger partial charge in [0.05, 0.1) is 24.0 Å². The quantitative estimate of drug-likeness (QED) is 0.795. The van der Waals surface area contributed by atoms with E-state index in [0.717, 1.165) is 5.56 Å². The Kier molecular flexibility index (Phi) is 6.20. The third-order valence-electron chi connectivity index (χ3n) is 3.43. The summed E-state index contributed by atoms with van der Waals surface area (Å²) in [4.78, 5) is 11.3. The van der Waals surface area contributed by atoms with Crippen molar-refractivity contribution in [1.29, 1.82) is 0 Å². The monoisotopic (exact) mass is 314 g/mol. The van der Waals surface area contributed by atoms with Crippen LogP contribution in [0, 0.1) is 5.92 Å². The maximum Gasteiger partial charge on any atom is 0.306 e. The zero-order valence-corrected chi connectivity index (χ0v) is 13.4. The van der Waals surface area contributed by atoms with Crippen LogP contribution in [0.15, 0.2) is 24.3 Å². The van der Waals surface area contributed by atoms with E-state index in [1.807, 2.05) is 6.07 Å². The van der Waals surface area contributed by atoms with Crippen LogP contribution in [0.4, 0.5) is 0 Å². The minimum Gasteiger partial charge on any atom is -0.497 e. The van der Waals surface area contributed by atoms with Gasteiger partial charge < -0.3 is 9.84 Å². The number of ether oxygens (including phenoxy) is 1. The number of hydrogen-bond acceptors (Lipinski definition) is 4. The van der Waals surface area contributed by atoms with E-state index in [9.17, 15) is 18.3 Å². The van der Waals surface area contributed by atoms with Gasteiger partial charge in [0.15, 0.2) is 9.84 Å². The average molecular weight is 314 g/mol. The predicted octanol–water partition coefficient (Wildman–Crippen LogP) is 2.15. The van der Waals surface area contributed by atoms with Crippen molar-refractivity contribution < 1.29 is 23.1 Å². The lowest BCUT2D eigenvalue weighted by Crippen LogP contribution is -2.24. The molecule has 0 bridgehead atoms. The van der Waals surface area contributed by atoms with Crippen LogP contribution < -0.4 is 4.74 Å². The largest absolute Gasteiger partial charge is 0.497 e. The molecule has 1 rings (SSSR count). The van der Waals surface area contributed by atoms with Crippen LogP contribution in [0.3, 0.4) is 0 Å². The van der Waals surface area contributed by atoms with E-state index in [1.165, 1.54) is 0 Å². The van der Waals surface area contributed by atoms with Crippen molar-refractivity contribution in [2.75, 3.05) is 12.9 Å². The van der Waals surface area contributed by atoms with Gasteiger partial charge in [-0.1, -0.05) is 12.1 Å². The summed E-state index contributed by atoms with van der Waals surface area (Å²) in [5, 5.41) is 8.79. The predicted molar refractivity (Wildman–Crippen MR) is 81.4 cm³/mol. The number of hydrogen-bond donors (Lipinski definition) is 1. The molecule has 1 atom stereocenters. The number of carbonyl (C=O) groups is 1. The molecule has 0 aromatic heterocycles. The molecule has 0 radical (unpaired) electrons. The summed E-state index contributed by atoms with van der Waals surface area (Å²) in [6, 6.07) is 7.16. The van der Waals surface area contributed by atoms with E-state index in [4.69, 9.17) is 4.74 Å². The summed E-state index contributed by atoms with van der Waals surface area (Å²) in [5.41, 5.74) is 0.823. The molecule has 1 unspecified atom stereocenters. The molecule has 1 aromatic rings. The second-order valence-corrected chi connectivity index (χ2v) is 7.97. The minimum absolute atomic E-state index is 0.106. The molecule has 1 aromatic carbocycles. The molecule has 21 heavy (non-hydrogen) atoms. The lowest BCUT2D eigenvalue weighted by molar-refractivity contribution is -0.141. The fourth-order valence-electron chi connectivity index (χ4n) is 1.94. The summed E-state index contributed by atoms with van der Waals surface area (Å²) in [6.45, 7) is 3.21. The summed E-state index contributed by atoms with van der Waals surface area (Å²) in [7, 11) is -1.68. The highest BCUT2D eigenvalue weighted by atomic mass is 32.2. The van der Waals surface area contributed by atoms with Gasteiger partial charge in [0.2, 0.25) is 0 Å². The van der Waals surface area contributed by atoms with Crippen LogP contribution in [0.2, 0.25) is 0 Å². The molecule has 0 aliphatic carbocycles. The van der Waals surface area contributed by atoms with E-state index in [0.29, 0.717) is 12.2 Å². The number of carboxylic acid groups (broad SMARTS) is 1. The Balaban J connectivity index is 2.76. The Morgan fingerprint density at radius 3 is 2.52 bits per heavy atom. The summed E-state index contributed by atoms with van der Waals surface area (Å²) < 4.78 is 28.7. The number of rotatable bonds is 8. The topological polar surface area (TPSA) is 80.7 Å². The van der Waals surface area contributed by atoms with Crippen LogP contribution in [0.1, 0.15) is 25.8 Å². The fraction of sp³-hybridized carbons (Fsp3) is 0.533. The van der Waals surface area contributed by atoms with Gasteiger partial charge in [-0.05, 0) is 44.4 Å². The first kappa shape index (κ1) is 17.5. The summed E-state index contributed by atoms with van der Waals surface area (Å²) in [6.07, 6.45) is 0.410. The molecule has 0 heterocycles. The van der Waals surface area contributed by atoms with Crippen LogP contribution in [-0.2, 0) is 21.1 Å². The SMILES string of the molecule is COc1cccc(CC(CCS(=O)(=O)C(C)C)C(=O)O)c1. The zero-order valence-electron chi connectivity index (χ0n) is 12.6. The van der Waals surface area contributed by atoms with Gasteiger partial charge >= 0.3 is 5.97 Å². The molecule has 6 heteroatoms. The highest BCUT2D eigenvalue weighted by molar-refractivity contribution is 7.91. The van der Waals surface area contributed by atoms with Gasteiger partial charge in [-0.2, -0.15) is 0 Å². The summed E-state index contributed by atoms with van der Waals surface area (Å²) >= 11 is 0. The first-order valence-electron chi connectivity index (χ1n) is 6.83. The first-order chi connectivity index (χ1) is 9.76. The lowest BCUT2D eigenvalue weighted by Gasteiger charge is -2.14. The number of aliphatic carboxylic acids is 1. The third kappa shape index (κ3) is 5.38. The molecular formula is C15H22O5S. The molecule has 5 nitrogen and oxygen atoms in total. The van der Waals surface area contributed by atoms with E-state index < -0.39 is 27.0 Å². The van der Waals surface area contributed by atoms with Crippen molar-refractivity contribution in [2.45, 2.75) is 31.9 Å². The van der Waals surface area contributed by atoms with Gasteiger partial charge in [0, 0.05) is 0 Å². The van der Waals surface area contributed by atoms with Crippen molar-refractivity contribution in [1.82, 2.24) is 0 Å². The third-order valence-corrected chi connectivity index (χ3v) is 5.68. The van der Waals surface area contributed by atoms with Crippen molar-refractivity contribution in [3.8, 4) is 5.75 Å². The molecule has 0 fully saturated rings. The first-order valence-corrected chi connectivity index (χ1v) is 8.55. The van der Waals surface area contributed by atoms with Crippen LogP contribution >= 0.6 is 0 Å². The average Bonchev–Trinajstić information content (AvgIpc) is 2.43. The summed E-state index contributed by atoms with van der Waals surface area (Å²) in [5.74, 6) is -1.14. The Morgan fingerprint density at radius 1 is 1.33 bits per heavy atom. The molecule has 0 spiro atoms. The van der Waals surface area contributed by atoms with Crippen LogP contribution in [0.5, 0.6) is 5.75 Å². The smallest absolute Gasteiger partial charge is 0.306 e. The zero-order chi connectivity index (χ0) is 16.0. The molecule has 0 saturated heterocycles. The molecule has 0 aliphatic rings. The molecule has 0 saturated carbocycles. The minimum atomic E-state index is -3.22. The van der Waals surface area contributed by atoms with Crippen LogP contribution in [0.25, 0.3) is 0 Å². The Labute approximate surface area is 125 Å². The van der Waals surface area contributed by atoms with E-state index in [-0.39, 0.29) is 12.2 Å². The normalized spacial score (nSPS) is 13.1. The van der Waals surface area contributed by atoms with Gasteiger partial charge in [-0.3, -0.25) is 4.79 Å². The second kappa shape index (κ2) is 7.45. The van der Waals surface area contributed by atoms with Crippen molar-refractivity contribution in [3.05, 3.63) is 29.8 Å². The molecule has 0 aliphatic heterocycles. The highest BCUT2D eigenvalue weighted by Gasteiger charge is 2.23. The standard InChI is InChI=1S/C15H22O5S/c1-11(2)21(18,19)8-7-13(15(16)17)9-12-5-4-6-14(10-12)20-3/h4-6,10-11,13H,7-9H2,1-3H3,(H,16,17). The Bertz CT molecular complexity index is 577. The van der Waals surface area contributed by atoms with Gasteiger partial charge in [0.1, 0.15) is 5.75 Å². The van der Waals surface area contributed by atoms with Crippen LogP contribution in [-0.4, -0.2) is 37.6 Å². The van der Waals surface area contributed by atoms with Gasteiger partial charge in [-0.25, -0.2) is 8.42 Å². The molecule has 0 amide bonds. The lowest BCUT2D eigenvalue weighted by atomic mass is 9.97. The second-order valence-electron chi connectivity index (χ2n) is 5.30. The molecule has 118 valence electrons. The van der Waals surface area contributed by atoms with E-state index in [1.54, 1.807) is 39.2 Å². The van der Waals surface area contributed by atoms with E-state index in [2.05, 4.69) is 0 Å². The van der Waals surface area contributed by atoms with E-state index >= 15 is 0 Å². The maximum atomic E-state index is 11.8. The molecular weight excluding hydrogens is 292 g/mol. The molecule has 1 N–H and O–H groups in total.